The van der Waals surface area contributed by atoms with Gasteiger partial charge in [0.2, 0.25) is 17.7 Å². The molecule has 1 heterocycles. The molecule has 1 aliphatic rings. The molecule has 1 saturated heterocycles. The van der Waals surface area contributed by atoms with Crippen LogP contribution in [0.25, 0.3) is 11.1 Å². The Balaban J connectivity index is 1.27. The van der Waals surface area contributed by atoms with Gasteiger partial charge in [0.05, 0.1) is 18.8 Å². The third-order valence-electron chi connectivity index (χ3n) is 8.15. The van der Waals surface area contributed by atoms with Crippen LogP contribution in [0.1, 0.15) is 67.3 Å². The molecule has 0 bridgehead atoms. The van der Waals surface area contributed by atoms with Crippen LogP contribution in [0.15, 0.2) is 102 Å². The van der Waals surface area contributed by atoms with E-state index in [1.165, 1.54) is 6.92 Å². The van der Waals surface area contributed by atoms with E-state index in [2.05, 4.69) is 10.6 Å². The van der Waals surface area contributed by atoms with Crippen molar-refractivity contribution >= 4 is 35.2 Å². The van der Waals surface area contributed by atoms with E-state index in [1.54, 1.807) is 17.2 Å². The minimum absolute atomic E-state index is 0.0229. The highest BCUT2D eigenvalue weighted by Gasteiger charge is 2.32. The van der Waals surface area contributed by atoms with Gasteiger partial charge in [0.1, 0.15) is 0 Å². The Kier molecular flexibility index (Phi) is 13.0. The van der Waals surface area contributed by atoms with Crippen LogP contribution in [0.3, 0.4) is 0 Å². The van der Waals surface area contributed by atoms with Gasteiger partial charge in [-0.15, -0.1) is 11.8 Å². The Bertz CT molecular complexity index is 1700. The van der Waals surface area contributed by atoms with Crippen molar-refractivity contribution in [1.29, 1.82) is 0 Å². The summed E-state index contributed by atoms with van der Waals surface area (Å²) in [6, 6.07) is 31.5. The third kappa shape index (κ3) is 10.5. The van der Waals surface area contributed by atoms with Crippen LogP contribution < -0.4 is 16.1 Å². The first-order chi connectivity index (χ1) is 23.8. The average molecular weight is 684 g/mol. The number of benzene rings is 4. The van der Waals surface area contributed by atoms with Crippen LogP contribution in [0.4, 0.5) is 5.69 Å². The molecule has 0 spiro atoms. The zero-order valence-electron chi connectivity index (χ0n) is 27.3. The van der Waals surface area contributed by atoms with Gasteiger partial charge in [-0.05, 0) is 58.5 Å². The number of hydroxylamine groups is 1. The Labute approximate surface area is 290 Å². The van der Waals surface area contributed by atoms with E-state index in [1.807, 2.05) is 97.1 Å². The smallest absolute Gasteiger partial charge is 0.243 e. The number of aliphatic hydroxyl groups is 1. The van der Waals surface area contributed by atoms with Gasteiger partial charge in [-0.25, -0.2) is 5.48 Å². The second kappa shape index (κ2) is 17.8. The molecule has 1 aliphatic heterocycles. The number of ether oxygens (including phenoxy) is 2. The molecule has 11 heteroatoms. The van der Waals surface area contributed by atoms with Crippen LogP contribution in [-0.4, -0.2) is 39.9 Å². The molecule has 5 N–H and O–H groups in total. The molecule has 4 aromatic carbocycles. The highest BCUT2D eigenvalue weighted by Crippen LogP contribution is 2.40. The second-order valence-corrected chi connectivity index (χ2v) is 12.9. The van der Waals surface area contributed by atoms with Crippen molar-refractivity contribution in [2.24, 2.45) is 0 Å². The summed E-state index contributed by atoms with van der Waals surface area (Å²) < 4.78 is 13.1. The van der Waals surface area contributed by atoms with Gasteiger partial charge in [0.25, 0.3) is 0 Å². The lowest BCUT2D eigenvalue weighted by atomic mass is 9.97. The van der Waals surface area contributed by atoms with Crippen molar-refractivity contribution in [3.05, 3.63) is 119 Å². The molecule has 0 aromatic heterocycles. The summed E-state index contributed by atoms with van der Waals surface area (Å²) in [5, 5.41) is 23.9. The van der Waals surface area contributed by atoms with Crippen LogP contribution in [0.5, 0.6) is 0 Å². The van der Waals surface area contributed by atoms with E-state index < -0.39 is 12.2 Å². The monoisotopic (exact) mass is 683 g/mol. The first-order valence-corrected chi connectivity index (χ1v) is 17.2. The van der Waals surface area contributed by atoms with Gasteiger partial charge in [-0.3, -0.25) is 19.6 Å². The van der Waals surface area contributed by atoms with Crippen molar-refractivity contribution < 1.29 is 34.2 Å². The maximum absolute atomic E-state index is 12.4. The highest BCUT2D eigenvalue weighted by atomic mass is 32.2. The van der Waals surface area contributed by atoms with Gasteiger partial charge in [-0.2, -0.15) is 0 Å². The molecular weight excluding hydrogens is 642 g/mol. The predicted octanol–water partition coefficient (Wildman–Crippen LogP) is 6.43. The van der Waals surface area contributed by atoms with E-state index in [0.29, 0.717) is 25.1 Å². The van der Waals surface area contributed by atoms with Crippen molar-refractivity contribution in [1.82, 2.24) is 10.8 Å². The fourth-order valence-corrected chi connectivity index (χ4v) is 6.49. The molecule has 49 heavy (non-hydrogen) atoms. The molecular formula is C38H41N3O7S. The molecule has 10 nitrogen and oxygen atoms in total. The van der Waals surface area contributed by atoms with E-state index in [9.17, 15) is 19.5 Å². The van der Waals surface area contributed by atoms with Crippen molar-refractivity contribution in [3.63, 3.8) is 0 Å². The third-order valence-corrected chi connectivity index (χ3v) is 9.29. The number of thioether (sulfide) groups is 1. The van der Waals surface area contributed by atoms with E-state index in [4.69, 9.17) is 14.7 Å². The number of amides is 3. The predicted molar refractivity (Wildman–Crippen MR) is 187 cm³/mol. The Morgan fingerprint density at radius 3 is 2.22 bits per heavy atom. The number of carbonyl (C=O) groups is 3. The summed E-state index contributed by atoms with van der Waals surface area (Å²) in [5.74, 6) is -0.0886. The van der Waals surface area contributed by atoms with Crippen LogP contribution in [-0.2, 0) is 37.0 Å². The SMILES string of the molecule is CC(=O)Nc1ccc(SC[C@H]2C[C@@H](c3ccc(CO)cc3)O[C@@H](c3ccc(-c4ccccc4CNC(=O)CCCC(=O)NO)cc3)O2)cc1. The standard InChI is InChI=1S/C38H41N3O7S/c1-25(43)40-31-17-19-33(20-18-31)49-24-32-21-35(28-11-9-26(23-42)10-12-28)48-38(47-32)29-15-13-27(14-16-29)34-6-3-2-5-30(34)22-39-36(44)7-4-8-37(45)41-46/h2-3,5-6,9-20,32,35,38,42,46H,4,7-8,21-24H2,1H3,(H,39,44)(H,40,43)(H,41,45)/t32-,35+,38+/m1/s1. The van der Waals surface area contributed by atoms with Crippen molar-refractivity contribution in [2.45, 2.75) is 69.2 Å². The quantitative estimate of drug-likeness (QED) is 0.0581. The second-order valence-electron chi connectivity index (χ2n) is 11.8. The molecule has 5 rings (SSSR count). The molecule has 1 fully saturated rings. The lowest BCUT2D eigenvalue weighted by Crippen LogP contribution is -2.31. The summed E-state index contributed by atoms with van der Waals surface area (Å²) in [6.45, 7) is 1.80. The molecule has 0 aliphatic carbocycles. The Morgan fingerprint density at radius 1 is 0.837 bits per heavy atom. The number of anilines is 1. The molecule has 256 valence electrons. The normalized spacial score (nSPS) is 17.2. The van der Waals surface area contributed by atoms with Gasteiger partial charge in [0, 0.05) is 54.6 Å². The number of hydrogen-bond acceptors (Lipinski definition) is 8. The van der Waals surface area contributed by atoms with Gasteiger partial charge in [0.15, 0.2) is 6.29 Å². The Morgan fingerprint density at radius 2 is 1.53 bits per heavy atom. The molecule has 0 saturated carbocycles. The number of carbonyl (C=O) groups excluding carboxylic acids is 3. The van der Waals surface area contributed by atoms with Gasteiger partial charge < -0.3 is 25.2 Å². The van der Waals surface area contributed by atoms with Crippen LogP contribution in [0, 0.1) is 0 Å². The van der Waals surface area contributed by atoms with E-state index in [0.717, 1.165) is 44.0 Å². The fourth-order valence-electron chi connectivity index (χ4n) is 5.57. The number of rotatable bonds is 14. The summed E-state index contributed by atoms with van der Waals surface area (Å²) in [7, 11) is 0. The molecule has 4 aromatic rings. The first kappa shape index (κ1) is 35.8. The van der Waals surface area contributed by atoms with Crippen LogP contribution in [0.2, 0.25) is 0 Å². The molecule has 0 unspecified atom stereocenters. The summed E-state index contributed by atoms with van der Waals surface area (Å²) in [5.41, 5.74) is 7.99. The maximum Gasteiger partial charge on any atom is 0.243 e. The van der Waals surface area contributed by atoms with E-state index >= 15 is 0 Å². The Hall–Kier alpha value is -4.52. The number of hydrogen-bond donors (Lipinski definition) is 5. The first-order valence-electron chi connectivity index (χ1n) is 16.2. The van der Waals surface area contributed by atoms with Gasteiger partial charge in [-0.1, -0.05) is 72.8 Å². The lowest BCUT2D eigenvalue weighted by molar-refractivity contribution is -0.245. The molecule has 0 radical (unpaired) electrons. The zero-order valence-corrected chi connectivity index (χ0v) is 28.1. The van der Waals surface area contributed by atoms with Gasteiger partial charge >= 0.3 is 0 Å². The maximum atomic E-state index is 12.4. The largest absolute Gasteiger partial charge is 0.392 e. The minimum atomic E-state index is -0.597. The summed E-state index contributed by atoms with van der Waals surface area (Å²) in [4.78, 5) is 36.0. The average Bonchev–Trinajstić information content (AvgIpc) is 3.13. The number of nitrogens with one attached hydrogen (secondary N) is 3. The highest BCUT2D eigenvalue weighted by molar-refractivity contribution is 7.99. The summed E-state index contributed by atoms with van der Waals surface area (Å²) >= 11 is 1.69. The fraction of sp³-hybridized carbons (Fsp3) is 0.289. The minimum Gasteiger partial charge on any atom is -0.392 e. The zero-order chi connectivity index (χ0) is 34.6. The van der Waals surface area contributed by atoms with E-state index in [-0.39, 0.29) is 43.5 Å². The topological polar surface area (TPSA) is 146 Å². The lowest BCUT2D eigenvalue weighted by Gasteiger charge is -2.36. The molecule has 3 amide bonds. The van der Waals surface area contributed by atoms with Crippen LogP contribution >= 0.6 is 11.8 Å². The van der Waals surface area contributed by atoms with Crippen molar-refractivity contribution in [2.75, 3.05) is 11.1 Å². The number of aliphatic hydroxyl groups excluding tert-OH is 1. The molecule has 3 atom stereocenters. The van der Waals surface area contributed by atoms with Crippen molar-refractivity contribution in [3.8, 4) is 11.1 Å². The summed E-state index contributed by atoms with van der Waals surface area (Å²) in [6.07, 6.45) is 0.353.